The van der Waals surface area contributed by atoms with Crippen LogP contribution in [0.3, 0.4) is 0 Å². The van der Waals surface area contributed by atoms with Gasteiger partial charge in [-0.3, -0.25) is 4.79 Å². The van der Waals surface area contributed by atoms with Gasteiger partial charge in [0.15, 0.2) is 0 Å². The average Bonchev–Trinajstić information content (AvgIpc) is 2.65. The highest BCUT2D eigenvalue weighted by Crippen LogP contribution is 2.28. The number of halogens is 1. The van der Waals surface area contributed by atoms with Crippen LogP contribution in [0, 0.1) is 12.8 Å². The molecular weight excluding hydrogens is 357 g/mol. The largest absolute Gasteiger partial charge is 0.459 e. The molecule has 28 heavy (non-hydrogen) atoms. The van der Waals surface area contributed by atoms with E-state index in [0.717, 1.165) is 19.3 Å². The number of hydrogen-bond donors (Lipinski definition) is 1. The molecule has 1 aliphatic rings. The number of carbonyl (C=O) groups excluding carboxylic acids is 1. The summed E-state index contributed by atoms with van der Waals surface area (Å²) in [5.41, 5.74) is 7.23. The summed E-state index contributed by atoms with van der Waals surface area (Å²) in [5, 5.41) is 0. The van der Waals surface area contributed by atoms with Crippen LogP contribution in [0.4, 0.5) is 4.39 Å². The van der Waals surface area contributed by atoms with Gasteiger partial charge >= 0.3 is 5.97 Å². The molecule has 2 rings (SSSR count). The van der Waals surface area contributed by atoms with Crippen LogP contribution in [0.15, 0.2) is 24.3 Å². The quantitative estimate of drug-likeness (QED) is 0.547. The van der Waals surface area contributed by atoms with Gasteiger partial charge in [0.05, 0.1) is 6.10 Å². The maximum absolute atomic E-state index is 13.8. The van der Waals surface area contributed by atoms with E-state index in [1.54, 1.807) is 13.8 Å². The Labute approximate surface area is 169 Å². The van der Waals surface area contributed by atoms with E-state index in [1.165, 1.54) is 11.1 Å². The normalized spacial score (nSPS) is 26.9. The Morgan fingerprint density at radius 2 is 1.93 bits per heavy atom. The first-order valence-corrected chi connectivity index (χ1v) is 10.5. The van der Waals surface area contributed by atoms with Crippen molar-refractivity contribution in [1.29, 1.82) is 0 Å². The van der Waals surface area contributed by atoms with Gasteiger partial charge in [-0.15, -0.1) is 0 Å². The summed E-state index contributed by atoms with van der Waals surface area (Å²) in [6.45, 7) is 7.57. The summed E-state index contributed by atoms with van der Waals surface area (Å²) in [7, 11) is 0. The van der Waals surface area contributed by atoms with E-state index < -0.39 is 11.7 Å². The lowest BCUT2D eigenvalue weighted by Gasteiger charge is -2.31. The van der Waals surface area contributed by atoms with Crippen molar-refractivity contribution in [3.8, 4) is 0 Å². The Hall–Kier alpha value is -1.46. The van der Waals surface area contributed by atoms with Gasteiger partial charge in [-0.2, -0.15) is 0 Å². The topological polar surface area (TPSA) is 61.6 Å². The van der Waals surface area contributed by atoms with Crippen LogP contribution in [0.1, 0.15) is 64.0 Å². The highest BCUT2D eigenvalue weighted by Gasteiger charge is 2.33. The number of ether oxygens (including phenoxy) is 2. The number of hydrogen-bond acceptors (Lipinski definition) is 4. The molecule has 0 amide bonds. The highest BCUT2D eigenvalue weighted by atomic mass is 19.1. The second-order valence-corrected chi connectivity index (χ2v) is 8.79. The standard InChI is InChI=1S/C23H36FNO3/c1-16-9-11-18(12-10-16)15-19-7-5-8-20(25)22(26)28-17(2)21(19)27-14-6-13-23(3,4)24/h9-12,17,19-21H,5-8,13-15,25H2,1-4H3. The predicted molar refractivity (Wildman–Crippen MR) is 110 cm³/mol. The molecule has 158 valence electrons. The van der Waals surface area contributed by atoms with Crippen molar-refractivity contribution < 1.29 is 18.7 Å². The Morgan fingerprint density at radius 3 is 2.57 bits per heavy atom. The van der Waals surface area contributed by atoms with Crippen molar-refractivity contribution in [2.24, 2.45) is 11.7 Å². The molecule has 1 saturated heterocycles. The molecule has 0 radical (unpaired) electrons. The van der Waals surface area contributed by atoms with Gasteiger partial charge in [-0.25, -0.2) is 4.39 Å². The maximum Gasteiger partial charge on any atom is 0.323 e. The lowest BCUT2D eigenvalue weighted by Crippen LogP contribution is -2.41. The Balaban J connectivity index is 2.11. The first-order chi connectivity index (χ1) is 13.2. The lowest BCUT2D eigenvalue weighted by molar-refractivity contribution is -0.160. The van der Waals surface area contributed by atoms with E-state index in [-0.39, 0.29) is 24.1 Å². The van der Waals surface area contributed by atoms with E-state index in [1.807, 2.05) is 6.92 Å². The van der Waals surface area contributed by atoms with Gasteiger partial charge in [0, 0.05) is 6.61 Å². The van der Waals surface area contributed by atoms with E-state index >= 15 is 0 Å². The number of aryl methyl sites for hydroxylation is 1. The van der Waals surface area contributed by atoms with Gasteiger partial charge in [-0.05, 0) is 71.3 Å². The number of esters is 1. The van der Waals surface area contributed by atoms with Crippen LogP contribution < -0.4 is 5.73 Å². The molecule has 1 heterocycles. The third kappa shape index (κ3) is 7.51. The monoisotopic (exact) mass is 393 g/mol. The molecular formula is C23H36FNO3. The van der Waals surface area contributed by atoms with Crippen molar-refractivity contribution in [2.45, 2.75) is 90.1 Å². The first-order valence-electron chi connectivity index (χ1n) is 10.5. The molecule has 0 aromatic heterocycles. The van der Waals surface area contributed by atoms with E-state index in [9.17, 15) is 9.18 Å². The molecule has 0 saturated carbocycles. The molecule has 5 heteroatoms. The third-order valence-electron chi connectivity index (χ3n) is 5.47. The summed E-state index contributed by atoms with van der Waals surface area (Å²) in [6, 6.07) is 7.94. The molecule has 0 bridgehead atoms. The van der Waals surface area contributed by atoms with Gasteiger partial charge in [0.25, 0.3) is 0 Å². The summed E-state index contributed by atoms with van der Waals surface area (Å²) in [5.74, 6) is -0.142. The minimum Gasteiger partial charge on any atom is -0.459 e. The zero-order chi connectivity index (χ0) is 20.7. The van der Waals surface area contributed by atoms with Crippen molar-refractivity contribution in [3.05, 3.63) is 35.4 Å². The Kier molecular flexibility index (Phi) is 8.44. The first kappa shape index (κ1) is 22.8. The highest BCUT2D eigenvalue weighted by molar-refractivity contribution is 5.75. The van der Waals surface area contributed by atoms with Gasteiger partial charge in [0.1, 0.15) is 17.8 Å². The average molecular weight is 394 g/mol. The van der Waals surface area contributed by atoms with Crippen molar-refractivity contribution in [3.63, 3.8) is 0 Å². The van der Waals surface area contributed by atoms with Crippen molar-refractivity contribution in [1.82, 2.24) is 0 Å². The Bertz CT molecular complexity index is 611. The lowest BCUT2D eigenvalue weighted by atomic mass is 9.86. The van der Waals surface area contributed by atoms with Crippen LogP contribution in [0.5, 0.6) is 0 Å². The van der Waals surface area contributed by atoms with Crippen molar-refractivity contribution in [2.75, 3.05) is 6.61 Å². The number of rotatable bonds is 7. The molecule has 1 aromatic rings. The molecule has 1 aromatic carbocycles. The number of benzene rings is 1. The SMILES string of the molecule is Cc1ccc(CC2CCCC(N)C(=O)OC(C)C2OCCCC(C)(C)F)cc1. The van der Waals surface area contributed by atoms with Crippen LogP contribution in [-0.4, -0.2) is 36.5 Å². The van der Waals surface area contributed by atoms with Gasteiger partial charge < -0.3 is 15.2 Å². The fourth-order valence-corrected chi connectivity index (χ4v) is 3.83. The molecule has 4 atom stereocenters. The van der Waals surface area contributed by atoms with Gasteiger partial charge in [0.2, 0.25) is 0 Å². The number of alkyl halides is 1. The summed E-state index contributed by atoms with van der Waals surface area (Å²) >= 11 is 0. The zero-order valence-electron chi connectivity index (χ0n) is 17.7. The second-order valence-electron chi connectivity index (χ2n) is 8.79. The number of cyclic esters (lactones) is 1. The predicted octanol–water partition coefficient (Wildman–Crippen LogP) is 4.51. The van der Waals surface area contributed by atoms with Crippen LogP contribution in [0.25, 0.3) is 0 Å². The van der Waals surface area contributed by atoms with Crippen LogP contribution in [-0.2, 0) is 20.7 Å². The molecule has 1 aliphatic heterocycles. The zero-order valence-corrected chi connectivity index (χ0v) is 17.7. The smallest absolute Gasteiger partial charge is 0.323 e. The minimum absolute atomic E-state index is 0.217. The van der Waals surface area contributed by atoms with E-state index in [4.69, 9.17) is 15.2 Å². The second kappa shape index (κ2) is 10.4. The third-order valence-corrected chi connectivity index (χ3v) is 5.47. The molecule has 0 spiro atoms. The summed E-state index contributed by atoms with van der Waals surface area (Å²) < 4.78 is 25.6. The van der Waals surface area contributed by atoms with E-state index in [0.29, 0.717) is 25.9 Å². The molecule has 0 aliphatic carbocycles. The summed E-state index contributed by atoms with van der Waals surface area (Å²) in [4.78, 5) is 12.2. The molecule has 1 fully saturated rings. The number of carbonyl (C=O) groups is 1. The number of nitrogens with two attached hydrogens (primary N) is 1. The molecule has 4 unspecified atom stereocenters. The van der Waals surface area contributed by atoms with Crippen molar-refractivity contribution >= 4 is 5.97 Å². The fourth-order valence-electron chi connectivity index (χ4n) is 3.83. The van der Waals surface area contributed by atoms with E-state index in [2.05, 4.69) is 31.2 Å². The minimum atomic E-state index is -1.20. The fraction of sp³-hybridized carbons (Fsp3) is 0.696. The maximum atomic E-state index is 13.8. The van der Waals surface area contributed by atoms with Crippen LogP contribution >= 0.6 is 0 Å². The van der Waals surface area contributed by atoms with Gasteiger partial charge in [-0.1, -0.05) is 36.2 Å². The summed E-state index contributed by atoms with van der Waals surface area (Å²) in [6.07, 6.45) is 3.73. The Morgan fingerprint density at radius 1 is 1.25 bits per heavy atom. The molecule has 4 nitrogen and oxygen atoms in total. The van der Waals surface area contributed by atoms with Crippen LogP contribution in [0.2, 0.25) is 0 Å². The molecule has 2 N–H and O–H groups in total.